The number of rotatable bonds is 1. The van der Waals surface area contributed by atoms with E-state index in [9.17, 15) is 4.79 Å². The van der Waals surface area contributed by atoms with Crippen LogP contribution in [0.15, 0.2) is 30.3 Å². The summed E-state index contributed by atoms with van der Waals surface area (Å²) < 4.78 is 0. The highest BCUT2D eigenvalue weighted by atomic mass is 32.1. The normalized spacial score (nSPS) is 17.5. The van der Waals surface area contributed by atoms with Gasteiger partial charge in [0.15, 0.2) is 5.01 Å². The molecule has 1 amide bonds. The molecule has 0 N–H and O–H groups in total. The molecule has 0 atom stereocenters. The molecular weight excluding hydrogens is 328 g/mol. The van der Waals surface area contributed by atoms with Crippen LogP contribution in [-0.2, 0) is 17.8 Å². The van der Waals surface area contributed by atoms with Crippen LogP contribution in [0, 0.1) is 17.8 Å². The van der Waals surface area contributed by atoms with Crippen LogP contribution < -0.4 is 0 Å². The SMILES string of the molecule is O=C(C1CCCCC1)N1CCc2nc(C#Cc3ccccc3)sc2C1. The Hall–Kier alpha value is -2.12. The second kappa shape index (κ2) is 7.41. The molecule has 1 saturated carbocycles. The van der Waals surface area contributed by atoms with Crippen LogP contribution in [0.2, 0.25) is 0 Å². The van der Waals surface area contributed by atoms with Gasteiger partial charge in [-0.1, -0.05) is 43.4 Å². The summed E-state index contributed by atoms with van der Waals surface area (Å²) in [5.74, 6) is 6.96. The van der Waals surface area contributed by atoms with Crippen LogP contribution in [0.4, 0.5) is 0 Å². The monoisotopic (exact) mass is 350 g/mol. The van der Waals surface area contributed by atoms with Gasteiger partial charge in [0.05, 0.1) is 12.2 Å². The molecule has 0 radical (unpaired) electrons. The zero-order chi connectivity index (χ0) is 17.1. The number of fused-ring (bicyclic) bond motifs is 1. The van der Waals surface area contributed by atoms with E-state index in [-0.39, 0.29) is 5.92 Å². The van der Waals surface area contributed by atoms with Crippen molar-refractivity contribution >= 4 is 17.2 Å². The van der Waals surface area contributed by atoms with Gasteiger partial charge in [0, 0.05) is 29.3 Å². The van der Waals surface area contributed by atoms with Gasteiger partial charge in [-0.25, -0.2) is 4.98 Å². The Morgan fingerprint density at radius 1 is 1.12 bits per heavy atom. The third-order valence-corrected chi connectivity index (χ3v) is 6.08. The number of benzene rings is 1. The van der Waals surface area contributed by atoms with E-state index < -0.39 is 0 Å². The molecule has 2 heterocycles. The summed E-state index contributed by atoms with van der Waals surface area (Å²) in [7, 11) is 0. The Bertz CT molecular complexity index is 809. The standard InChI is InChI=1S/C21H22N2OS/c24-21(17-9-5-2-6-10-17)23-14-13-18-19(15-23)25-20(22-18)12-11-16-7-3-1-4-8-16/h1,3-4,7-8,17H,2,5-6,9-10,13-15H2. The molecule has 4 rings (SSSR count). The van der Waals surface area contributed by atoms with Crippen molar-refractivity contribution in [2.24, 2.45) is 5.92 Å². The predicted octanol–water partition coefficient (Wildman–Crippen LogP) is 4.01. The largest absolute Gasteiger partial charge is 0.337 e. The number of carbonyl (C=O) groups excluding carboxylic acids is 1. The second-order valence-electron chi connectivity index (χ2n) is 6.85. The number of aromatic nitrogens is 1. The minimum Gasteiger partial charge on any atom is -0.337 e. The highest BCUT2D eigenvalue weighted by Crippen LogP contribution is 2.29. The van der Waals surface area contributed by atoms with Crippen molar-refractivity contribution in [1.82, 2.24) is 9.88 Å². The van der Waals surface area contributed by atoms with E-state index in [0.29, 0.717) is 5.91 Å². The molecule has 1 aliphatic heterocycles. The Labute approximate surface area is 153 Å². The predicted molar refractivity (Wildman–Crippen MR) is 100 cm³/mol. The summed E-state index contributed by atoms with van der Waals surface area (Å²) in [6.45, 7) is 1.52. The van der Waals surface area contributed by atoms with Crippen molar-refractivity contribution in [2.45, 2.75) is 45.1 Å². The minimum absolute atomic E-state index is 0.251. The molecule has 1 fully saturated rings. The summed E-state index contributed by atoms with van der Waals surface area (Å²) in [6, 6.07) is 9.98. The van der Waals surface area contributed by atoms with Crippen molar-refractivity contribution in [1.29, 1.82) is 0 Å². The molecule has 3 nitrogen and oxygen atoms in total. The average Bonchev–Trinajstić information content (AvgIpc) is 3.09. The molecular formula is C21H22N2OS. The highest BCUT2D eigenvalue weighted by Gasteiger charge is 2.29. The Morgan fingerprint density at radius 3 is 2.72 bits per heavy atom. The highest BCUT2D eigenvalue weighted by molar-refractivity contribution is 7.12. The maximum absolute atomic E-state index is 12.8. The lowest BCUT2D eigenvalue weighted by molar-refractivity contribution is -0.137. The zero-order valence-electron chi connectivity index (χ0n) is 14.3. The lowest BCUT2D eigenvalue weighted by Crippen LogP contribution is -2.40. The van der Waals surface area contributed by atoms with Gasteiger partial charge < -0.3 is 4.90 Å². The first-order valence-electron chi connectivity index (χ1n) is 9.14. The number of nitrogens with zero attached hydrogens (tertiary/aromatic N) is 2. The summed E-state index contributed by atoms with van der Waals surface area (Å²) >= 11 is 1.64. The summed E-state index contributed by atoms with van der Waals surface area (Å²) in [5, 5.41) is 0.862. The molecule has 1 aliphatic carbocycles. The average molecular weight is 350 g/mol. The molecule has 4 heteroatoms. The van der Waals surface area contributed by atoms with Crippen LogP contribution >= 0.6 is 11.3 Å². The minimum atomic E-state index is 0.251. The Morgan fingerprint density at radius 2 is 1.92 bits per heavy atom. The summed E-state index contributed by atoms with van der Waals surface area (Å²) in [4.78, 5) is 20.7. The molecule has 0 saturated heterocycles. The van der Waals surface area contributed by atoms with E-state index >= 15 is 0 Å². The molecule has 1 aromatic heterocycles. The van der Waals surface area contributed by atoms with Gasteiger partial charge in [-0.15, -0.1) is 11.3 Å². The van der Waals surface area contributed by atoms with Gasteiger partial charge in [-0.2, -0.15) is 0 Å². The van der Waals surface area contributed by atoms with Crippen molar-refractivity contribution in [3.8, 4) is 11.8 Å². The fourth-order valence-electron chi connectivity index (χ4n) is 3.69. The molecule has 2 aromatic rings. The van der Waals surface area contributed by atoms with E-state index in [1.807, 2.05) is 35.2 Å². The quantitative estimate of drug-likeness (QED) is 0.728. The first-order chi connectivity index (χ1) is 12.3. The van der Waals surface area contributed by atoms with E-state index in [1.54, 1.807) is 11.3 Å². The maximum Gasteiger partial charge on any atom is 0.226 e. The first-order valence-corrected chi connectivity index (χ1v) is 9.96. The molecule has 128 valence electrons. The Kier molecular flexibility index (Phi) is 4.85. The molecule has 0 bridgehead atoms. The lowest BCUT2D eigenvalue weighted by atomic mass is 9.88. The topological polar surface area (TPSA) is 33.2 Å². The third-order valence-electron chi connectivity index (χ3n) is 5.08. The molecule has 1 aromatic carbocycles. The number of hydrogen-bond donors (Lipinski definition) is 0. The van der Waals surface area contributed by atoms with E-state index in [4.69, 9.17) is 0 Å². The van der Waals surface area contributed by atoms with Crippen molar-refractivity contribution in [2.75, 3.05) is 6.54 Å². The molecule has 2 aliphatic rings. The number of hydrogen-bond acceptors (Lipinski definition) is 3. The summed E-state index contributed by atoms with van der Waals surface area (Å²) in [6.07, 6.45) is 6.69. The fraction of sp³-hybridized carbons (Fsp3) is 0.429. The van der Waals surface area contributed by atoms with Crippen molar-refractivity contribution < 1.29 is 4.79 Å². The van der Waals surface area contributed by atoms with Crippen molar-refractivity contribution in [3.05, 3.63) is 51.5 Å². The van der Waals surface area contributed by atoms with Crippen LogP contribution in [-0.4, -0.2) is 22.3 Å². The second-order valence-corrected chi connectivity index (χ2v) is 7.93. The van der Waals surface area contributed by atoms with Gasteiger partial charge in [-0.05, 0) is 30.9 Å². The van der Waals surface area contributed by atoms with Gasteiger partial charge in [0.25, 0.3) is 0 Å². The smallest absolute Gasteiger partial charge is 0.226 e. The molecule has 0 spiro atoms. The maximum atomic E-state index is 12.8. The van der Waals surface area contributed by atoms with Crippen LogP contribution in [0.3, 0.4) is 0 Å². The van der Waals surface area contributed by atoms with E-state index in [0.717, 1.165) is 48.6 Å². The zero-order valence-corrected chi connectivity index (χ0v) is 15.1. The fourth-order valence-corrected chi connectivity index (χ4v) is 4.67. The molecule has 0 unspecified atom stereocenters. The number of carbonyl (C=O) groups is 1. The van der Waals surface area contributed by atoms with Gasteiger partial charge in [-0.3, -0.25) is 4.79 Å². The first kappa shape index (κ1) is 16.4. The number of amides is 1. The number of thiazole rings is 1. The third kappa shape index (κ3) is 3.77. The van der Waals surface area contributed by atoms with Crippen LogP contribution in [0.25, 0.3) is 0 Å². The Balaban J connectivity index is 1.46. The van der Waals surface area contributed by atoms with Gasteiger partial charge >= 0.3 is 0 Å². The van der Waals surface area contributed by atoms with E-state index in [1.165, 1.54) is 24.1 Å². The van der Waals surface area contributed by atoms with Crippen molar-refractivity contribution in [3.63, 3.8) is 0 Å². The van der Waals surface area contributed by atoms with E-state index in [2.05, 4.69) is 16.8 Å². The summed E-state index contributed by atoms with van der Waals surface area (Å²) in [5.41, 5.74) is 2.14. The van der Waals surface area contributed by atoms with Crippen LogP contribution in [0.5, 0.6) is 0 Å². The van der Waals surface area contributed by atoms with Gasteiger partial charge in [0.1, 0.15) is 0 Å². The molecule has 25 heavy (non-hydrogen) atoms. The van der Waals surface area contributed by atoms with Gasteiger partial charge in [0.2, 0.25) is 5.91 Å². The van der Waals surface area contributed by atoms with Crippen LogP contribution in [0.1, 0.15) is 53.2 Å². The lowest BCUT2D eigenvalue weighted by Gasteiger charge is -2.31.